The summed E-state index contributed by atoms with van der Waals surface area (Å²) in [7, 11) is 0. The topological polar surface area (TPSA) is 0 Å². The van der Waals surface area contributed by atoms with E-state index in [-0.39, 0.29) is 0 Å². The van der Waals surface area contributed by atoms with Gasteiger partial charge in [0.2, 0.25) is 0 Å². The second kappa shape index (κ2) is 24.1. The van der Waals surface area contributed by atoms with Gasteiger partial charge < -0.3 is 0 Å². The minimum Gasteiger partial charge on any atom is -0.0955 e. The van der Waals surface area contributed by atoms with Gasteiger partial charge in [-0.3, -0.25) is 0 Å². The van der Waals surface area contributed by atoms with E-state index in [1.807, 2.05) is 25.1 Å². The van der Waals surface area contributed by atoms with Crippen molar-refractivity contribution in [3.8, 4) is 33.4 Å². The van der Waals surface area contributed by atoms with Crippen molar-refractivity contribution in [2.24, 2.45) is 0 Å². The van der Waals surface area contributed by atoms with Crippen LogP contribution in [0.2, 0.25) is 0 Å². The van der Waals surface area contributed by atoms with Crippen molar-refractivity contribution >= 4 is 16.7 Å². The third kappa shape index (κ3) is 13.6. The first-order valence-electron chi connectivity index (χ1n) is 22.3. The molecule has 7 rings (SSSR count). The molecule has 0 fully saturated rings. The van der Waals surface area contributed by atoms with E-state index in [1.165, 1.54) is 90.7 Å². The summed E-state index contributed by atoms with van der Waals surface area (Å²) in [5.41, 5.74) is 19.5. The van der Waals surface area contributed by atoms with Gasteiger partial charge in [-0.15, -0.1) is 0 Å². The van der Waals surface area contributed by atoms with Crippen LogP contribution in [-0.4, -0.2) is 0 Å². The van der Waals surface area contributed by atoms with Crippen LogP contribution >= 0.6 is 0 Å². The highest BCUT2D eigenvalue weighted by atomic mass is 14.1. The van der Waals surface area contributed by atoms with E-state index in [0.717, 1.165) is 24.8 Å². The maximum absolute atomic E-state index is 3.83. The molecular formula is C61H66. The van der Waals surface area contributed by atoms with E-state index in [2.05, 4.69) is 224 Å². The molecule has 0 spiro atoms. The predicted molar refractivity (Wildman–Crippen MR) is 271 cm³/mol. The van der Waals surface area contributed by atoms with E-state index in [0.29, 0.717) is 5.92 Å². The number of rotatable bonds is 13. The first-order valence-corrected chi connectivity index (χ1v) is 22.3. The third-order valence-corrected chi connectivity index (χ3v) is 11.2. The Morgan fingerprint density at radius 1 is 0.492 bits per heavy atom. The molecule has 1 atom stereocenters. The van der Waals surface area contributed by atoms with Gasteiger partial charge in [0.05, 0.1) is 0 Å². The second-order valence-electron chi connectivity index (χ2n) is 16.1. The van der Waals surface area contributed by atoms with Crippen molar-refractivity contribution in [2.75, 3.05) is 0 Å². The Bertz CT molecular complexity index is 2380. The van der Waals surface area contributed by atoms with Crippen molar-refractivity contribution in [1.29, 1.82) is 0 Å². The van der Waals surface area contributed by atoms with Crippen LogP contribution in [0.3, 0.4) is 0 Å². The molecule has 0 radical (unpaired) electrons. The van der Waals surface area contributed by atoms with Gasteiger partial charge in [0.15, 0.2) is 0 Å². The molecule has 1 unspecified atom stereocenters. The lowest BCUT2D eigenvalue weighted by Gasteiger charge is -2.13. The Labute approximate surface area is 369 Å². The molecule has 310 valence electrons. The highest BCUT2D eigenvalue weighted by Gasteiger charge is 2.09. The number of aryl methyl sites for hydroxylation is 2. The maximum Gasteiger partial charge on any atom is -0.0152 e. The summed E-state index contributed by atoms with van der Waals surface area (Å²) < 4.78 is 0. The fourth-order valence-corrected chi connectivity index (χ4v) is 7.68. The zero-order chi connectivity index (χ0) is 43.4. The van der Waals surface area contributed by atoms with Crippen LogP contribution in [-0.2, 0) is 0 Å². The highest BCUT2D eigenvalue weighted by molar-refractivity contribution is 5.85. The van der Waals surface area contributed by atoms with Crippen molar-refractivity contribution in [1.82, 2.24) is 0 Å². The van der Waals surface area contributed by atoms with Gasteiger partial charge in [-0.2, -0.15) is 0 Å². The van der Waals surface area contributed by atoms with Gasteiger partial charge in [-0.1, -0.05) is 247 Å². The number of benzene rings is 7. The van der Waals surface area contributed by atoms with Gasteiger partial charge in [0.1, 0.15) is 0 Å². The Balaban J connectivity index is 0.000000246. The molecule has 0 N–H and O–H groups in total. The van der Waals surface area contributed by atoms with Crippen LogP contribution in [0.4, 0.5) is 0 Å². The zero-order valence-electron chi connectivity index (χ0n) is 37.8. The van der Waals surface area contributed by atoms with Gasteiger partial charge >= 0.3 is 0 Å². The van der Waals surface area contributed by atoms with Crippen LogP contribution in [0.5, 0.6) is 0 Å². The van der Waals surface area contributed by atoms with Crippen LogP contribution in [0.25, 0.3) is 50.1 Å². The van der Waals surface area contributed by atoms with Crippen molar-refractivity contribution in [3.63, 3.8) is 0 Å². The minimum absolute atomic E-state index is 0.623. The molecule has 0 aliphatic rings. The van der Waals surface area contributed by atoms with E-state index >= 15 is 0 Å². The normalized spacial score (nSPS) is 11.7. The second-order valence-corrected chi connectivity index (χ2v) is 16.1. The first-order chi connectivity index (χ1) is 29.7. The van der Waals surface area contributed by atoms with Gasteiger partial charge in [-0.05, 0) is 124 Å². The van der Waals surface area contributed by atoms with Crippen molar-refractivity contribution in [3.05, 3.63) is 234 Å². The summed E-state index contributed by atoms with van der Waals surface area (Å²) in [5.74, 6) is 0.623. The molecule has 0 aliphatic heterocycles. The summed E-state index contributed by atoms with van der Waals surface area (Å²) in [4.78, 5) is 0. The molecule has 0 saturated heterocycles. The fraction of sp³-hybridized carbons (Fsp3) is 0.213. The predicted octanol–water partition coefficient (Wildman–Crippen LogP) is 18.3. The lowest BCUT2D eigenvalue weighted by atomic mass is 9.92. The number of hydrogen-bond acceptors (Lipinski definition) is 0. The molecule has 0 heterocycles. The summed E-state index contributed by atoms with van der Waals surface area (Å²) in [6, 6.07) is 65.1. The molecule has 0 aromatic heterocycles. The molecule has 0 saturated carbocycles. The molecule has 0 amide bonds. The summed E-state index contributed by atoms with van der Waals surface area (Å²) in [6.07, 6.45) is 10.4. The average Bonchev–Trinajstić information content (AvgIpc) is 3.30. The quantitative estimate of drug-likeness (QED) is 0.102. The van der Waals surface area contributed by atoms with E-state index in [9.17, 15) is 0 Å². The first kappa shape index (κ1) is 45.8. The smallest absolute Gasteiger partial charge is 0.0152 e. The fourth-order valence-electron chi connectivity index (χ4n) is 7.68. The molecule has 0 nitrogen and oxygen atoms in total. The summed E-state index contributed by atoms with van der Waals surface area (Å²) in [5, 5.41) is 0. The number of allylic oxidation sites excluding steroid dienone is 5. The Hall–Kier alpha value is -6.24. The van der Waals surface area contributed by atoms with Crippen molar-refractivity contribution < 1.29 is 0 Å². The minimum atomic E-state index is 0.623. The Kier molecular flexibility index (Phi) is 18.1. The highest BCUT2D eigenvalue weighted by Crippen LogP contribution is 2.31. The Morgan fingerprint density at radius 2 is 0.934 bits per heavy atom. The van der Waals surface area contributed by atoms with Crippen LogP contribution < -0.4 is 0 Å². The molecule has 0 heteroatoms. The standard InChI is InChI=1S/C38H42.C14H14.C9H10/c1-5-11-29(4)30-16-18-33(19-17-30)34-22-26-36(27-23-34)38(13-7-3)28-37(12-6-2)35-24-20-32(21-25-35)31-14-9-8-10-15-31;1-11-7-3-5-9-13(11)14-10-6-4-8-12(14)2;1-8(2)9-6-4-3-5-7-9/h8-10,12,14-29H,5-7,11,13H2,1-4H3;3-10H,1-2H3;3-7H,1H2,2H3/b37-12-,38-28+;;. The van der Waals surface area contributed by atoms with Gasteiger partial charge in [0.25, 0.3) is 0 Å². The largest absolute Gasteiger partial charge is 0.0955 e. The summed E-state index contributed by atoms with van der Waals surface area (Å²) in [6.45, 7) is 19.2. The van der Waals surface area contributed by atoms with Gasteiger partial charge in [0, 0.05) is 0 Å². The van der Waals surface area contributed by atoms with Crippen LogP contribution in [0, 0.1) is 13.8 Å². The molecular weight excluding hydrogens is 733 g/mol. The summed E-state index contributed by atoms with van der Waals surface area (Å²) >= 11 is 0. The molecule has 7 aromatic carbocycles. The van der Waals surface area contributed by atoms with E-state index < -0.39 is 0 Å². The SMILES string of the molecule is C=C(C)c1ccccc1.CC/C=C(/C=C(\CCC)c1ccc(-c2ccc(C(C)CCC)cc2)cc1)c1ccc(-c2ccccc2)cc1.Cc1ccccc1-c1ccccc1C. The number of hydrogen-bond donors (Lipinski definition) is 0. The third-order valence-electron chi connectivity index (χ3n) is 11.2. The van der Waals surface area contributed by atoms with Crippen LogP contribution in [0.1, 0.15) is 106 Å². The molecule has 0 aliphatic carbocycles. The molecule has 0 bridgehead atoms. The lowest BCUT2D eigenvalue weighted by molar-refractivity contribution is 0.665. The van der Waals surface area contributed by atoms with E-state index in [1.54, 1.807) is 0 Å². The monoisotopic (exact) mass is 799 g/mol. The zero-order valence-corrected chi connectivity index (χ0v) is 37.8. The van der Waals surface area contributed by atoms with Gasteiger partial charge in [-0.25, -0.2) is 0 Å². The Morgan fingerprint density at radius 3 is 1.38 bits per heavy atom. The maximum atomic E-state index is 3.83. The van der Waals surface area contributed by atoms with E-state index in [4.69, 9.17) is 0 Å². The average molecular weight is 799 g/mol. The van der Waals surface area contributed by atoms with Crippen LogP contribution in [0.15, 0.2) is 201 Å². The molecule has 61 heavy (non-hydrogen) atoms. The lowest BCUT2D eigenvalue weighted by Crippen LogP contribution is -1.92. The molecule has 7 aromatic rings. The van der Waals surface area contributed by atoms with Crippen molar-refractivity contribution in [2.45, 2.75) is 86.5 Å².